The Bertz CT molecular complexity index is 698. The monoisotopic (exact) mass is 301 g/mol. The third kappa shape index (κ3) is 2.66. The van der Waals surface area contributed by atoms with Gasteiger partial charge in [-0.05, 0) is 32.3 Å². The topological polar surface area (TPSA) is 84.2 Å². The van der Waals surface area contributed by atoms with E-state index in [2.05, 4.69) is 20.2 Å². The first kappa shape index (κ1) is 14.5. The van der Waals surface area contributed by atoms with E-state index >= 15 is 0 Å². The molecule has 0 atom stereocenters. The third-order valence-electron chi connectivity index (χ3n) is 3.95. The van der Waals surface area contributed by atoms with Gasteiger partial charge in [-0.3, -0.25) is 10.1 Å². The largest absolute Gasteiger partial charge is 0.380 e. The van der Waals surface area contributed by atoms with Crippen LogP contribution in [0.1, 0.15) is 26.2 Å². The van der Waals surface area contributed by atoms with Gasteiger partial charge in [0.1, 0.15) is 17.8 Å². The Labute approximate surface area is 128 Å². The molecule has 0 radical (unpaired) electrons. The van der Waals surface area contributed by atoms with Gasteiger partial charge in [0.25, 0.3) is 5.69 Å². The van der Waals surface area contributed by atoms with Crippen LogP contribution in [0, 0.1) is 10.1 Å². The molecule has 116 valence electrons. The van der Waals surface area contributed by atoms with Crippen LogP contribution in [0.15, 0.2) is 18.5 Å². The summed E-state index contributed by atoms with van der Waals surface area (Å²) >= 11 is 0. The van der Waals surface area contributed by atoms with Crippen LogP contribution in [0.4, 0.5) is 17.2 Å². The molecule has 0 spiro atoms. The van der Waals surface area contributed by atoms with Gasteiger partial charge >= 0.3 is 0 Å². The fraction of sp³-hybridized carbons (Fsp3) is 0.467. The van der Waals surface area contributed by atoms with Crippen molar-refractivity contribution in [2.24, 2.45) is 0 Å². The molecular weight excluding hydrogens is 282 g/mol. The van der Waals surface area contributed by atoms with Crippen LogP contribution in [0.2, 0.25) is 0 Å². The molecule has 1 aromatic carbocycles. The van der Waals surface area contributed by atoms with Gasteiger partial charge in [-0.1, -0.05) is 0 Å². The molecule has 22 heavy (non-hydrogen) atoms. The molecule has 1 aromatic heterocycles. The van der Waals surface area contributed by atoms with Crippen molar-refractivity contribution < 1.29 is 4.92 Å². The number of fused-ring (bicyclic) bond motifs is 1. The molecule has 7 nitrogen and oxygen atoms in total. The zero-order chi connectivity index (χ0) is 15.5. The number of nitrogens with one attached hydrogen (secondary N) is 1. The van der Waals surface area contributed by atoms with Crippen LogP contribution in [0.25, 0.3) is 10.9 Å². The maximum Gasteiger partial charge on any atom is 0.293 e. The van der Waals surface area contributed by atoms with E-state index in [9.17, 15) is 10.1 Å². The number of aromatic nitrogens is 2. The molecule has 2 aromatic rings. The summed E-state index contributed by atoms with van der Waals surface area (Å²) in [6, 6.07) is 3.34. The van der Waals surface area contributed by atoms with E-state index in [0.717, 1.165) is 42.7 Å². The van der Waals surface area contributed by atoms with E-state index in [1.807, 2.05) is 6.92 Å². The number of rotatable bonds is 4. The Kier molecular flexibility index (Phi) is 4.04. The first-order valence-corrected chi connectivity index (χ1v) is 7.62. The summed E-state index contributed by atoms with van der Waals surface area (Å²) < 4.78 is 0. The van der Waals surface area contributed by atoms with Gasteiger partial charge in [-0.15, -0.1) is 0 Å². The third-order valence-corrected chi connectivity index (χ3v) is 3.95. The van der Waals surface area contributed by atoms with Gasteiger partial charge in [0.15, 0.2) is 0 Å². The summed E-state index contributed by atoms with van der Waals surface area (Å²) in [6.45, 7) is 4.41. The maximum atomic E-state index is 11.3. The van der Waals surface area contributed by atoms with Crippen molar-refractivity contribution in [3.8, 4) is 0 Å². The van der Waals surface area contributed by atoms with Gasteiger partial charge in [0.05, 0.1) is 10.4 Å². The lowest BCUT2D eigenvalue weighted by atomic mass is 10.1. The predicted molar refractivity (Wildman–Crippen MR) is 86.4 cm³/mol. The predicted octanol–water partition coefficient (Wildman–Crippen LogP) is 2.96. The zero-order valence-corrected chi connectivity index (χ0v) is 12.6. The molecule has 0 amide bonds. The molecule has 2 heterocycles. The van der Waals surface area contributed by atoms with E-state index in [1.165, 1.54) is 12.7 Å². The smallest absolute Gasteiger partial charge is 0.293 e. The average molecular weight is 301 g/mol. The van der Waals surface area contributed by atoms with Crippen LogP contribution in [0.5, 0.6) is 0 Å². The van der Waals surface area contributed by atoms with Crippen molar-refractivity contribution in [3.05, 3.63) is 28.6 Å². The highest BCUT2D eigenvalue weighted by Gasteiger charge is 2.20. The summed E-state index contributed by atoms with van der Waals surface area (Å²) in [6.07, 6.45) is 5.02. The number of hydrogen-bond acceptors (Lipinski definition) is 6. The lowest BCUT2D eigenvalue weighted by molar-refractivity contribution is -0.383. The number of benzene rings is 1. The lowest BCUT2D eigenvalue weighted by Crippen LogP contribution is -2.30. The Morgan fingerprint density at radius 3 is 2.73 bits per heavy atom. The van der Waals surface area contributed by atoms with Gasteiger partial charge < -0.3 is 10.2 Å². The minimum Gasteiger partial charge on any atom is -0.380 e. The summed E-state index contributed by atoms with van der Waals surface area (Å²) in [5.41, 5.74) is 1.31. The van der Waals surface area contributed by atoms with E-state index in [1.54, 1.807) is 12.1 Å². The fourth-order valence-electron chi connectivity index (χ4n) is 2.92. The molecule has 1 aliphatic rings. The van der Waals surface area contributed by atoms with Gasteiger partial charge in [0, 0.05) is 31.1 Å². The molecule has 0 unspecified atom stereocenters. The van der Waals surface area contributed by atoms with E-state index in [4.69, 9.17) is 0 Å². The average Bonchev–Trinajstić information content (AvgIpc) is 2.54. The van der Waals surface area contributed by atoms with Crippen molar-refractivity contribution >= 4 is 28.1 Å². The Morgan fingerprint density at radius 1 is 1.27 bits per heavy atom. The Balaban J connectivity index is 2.14. The summed E-state index contributed by atoms with van der Waals surface area (Å²) in [5.74, 6) is 0.802. The van der Waals surface area contributed by atoms with E-state index < -0.39 is 0 Å². The lowest BCUT2D eigenvalue weighted by Gasteiger charge is -2.28. The number of anilines is 2. The Morgan fingerprint density at radius 2 is 2.05 bits per heavy atom. The Hall–Kier alpha value is -2.44. The number of piperidine rings is 1. The van der Waals surface area contributed by atoms with E-state index in [0.29, 0.717) is 12.2 Å². The van der Waals surface area contributed by atoms with Crippen molar-refractivity contribution in [3.63, 3.8) is 0 Å². The summed E-state index contributed by atoms with van der Waals surface area (Å²) in [4.78, 5) is 21.8. The maximum absolute atomic E-state index is 11.3. The highest BCUT2D eigenvalue weighted by molar-refractivity contribution is 5.94. The van der Waals surface area contributed by atoms with Crippen molar-refractivity contribution in [2.75, 3.05) is 29.9 Å². The van der Waals surface area contributed by atoms with Crippen molar-refractivity contribution in [1.29, 1.82) is 0 Å². The van der Waals surface area contributed by atoms with Crippen LogP contribution in [-0.2, 0) is 0 Å². The van der Waals surface area contributed by atoms with Crippen LogP contribution in [-0.4, -0.2) is 34.5 Å². The molecule has 0 bridgehead atoms. The van der Waals surface area contributed by atoms with Crippen LogP contribution < -0.4 is 10.2 Å². The minimum absolute atomic E-state index is 0.0717. The van der Waals surface area contributed by atoms with Crippen molar-refractivity contribution in [1.82, 2.24) is 9.97 Å². The quantitative estimate of drug-likeness (QED) is 0.690. The molecule has 1 aliphatic heterocycles. The summed E-state index contributed by atoms with van der Waals surface area (Å²) in [7, 11) is 0. The molecular formula is C15H19N5O2. The first-order valence-electron chi connectivity index (χ1n) is 7.62. The molecule has 1 N–H and O–H groups in total. The molecule has 0 aliphatic carbocycles. The van der Waals surface area contributed by atoms with Crippen LogP contribution in [0.3, 0.4) is 0 Å². The minimum atomic E-state index is -0.357. The van der Waals surface area contributed by atoms with Gasteiger partial charge in [-0.25, -0.2) is 9.97 Å². The SMILES string of the molecule is CCNc1cc2ncnc(N3CCCCC3)c2cc1[N+](=O)[O-]. The molecule has 3 rings (SSSR count). The van der Waals surface area contributed by atoms with Crippen molar-refractivity contribution in [2.45, 2.75) is 26.2 Å². The van der Waals surface area contributed by atoms with E-state index in [-0.39, 0.29) is 10.6 Å². The first-order chi connectivity index (χ1) is 10.7. The van der Waals surface area contributed by atoms with Gasteiger partial charge in [-0.2, -0.15) is 0 Å². The van der Waals surface area contributed by atoms with Gasteiger partial charge in [0.2, 0.25) is 0 Å². The second kappa shape index (κ2) is 6.13. The fourth-order valence-corrected chi connectivity index (χ4v) is 2.92. The zero-order valence-electron chi connectivity index (χ0n) is 12.6. The van der Waals surface area contributed by atoms with Crippen LogP contribution >= 0.6 is 0 Å². The highest BCUT2D eigenvalue weighted by atomic mass is 16.6. The highest BCUT2D eigenvalue weighted by Crippen LogP contribution is 2.33. The number of hydrogen-bond donors (Lipinski definition) is 1. The summed E-state index contributed by atoms with van der Waals surface area (Å²) in [5, 5.41) is 15.1. The molecule has 7 heteroatoms. The second-order valence-corrected chi connectivity index (χ2v) is 5.42. The molecule has 0 saturated carbocycles. The number of nitro benzene ring substituents is 1. The standard InChI is InChI=1S/C15H19N5O2/c1-2-16-13-9-12-11(8-14(13)20(21)22)15(18-10-17-12)19-6-4-3-5-7-19/h8-10,16H,2-7H2,1H3. The molecule has 1 fully saturated rings. The normalized spacial score (nSPS) is 15.0. The number of nitro groups is 1. The molecule has 1 saturated heterocycles. The number of nitrogens with zero attached hydrogens (tertiary/aromatic N) is 4. The second-order valence-electron chi connectivity index (χ2n) is 5.42.